The molecular formula is C22H27ClN2O3. The first-order valence-electron chi connectivity index (χ1n) is 9.52. The molecule has 2 rings (SSSR count). The van der Waals surface area contributed by atoms with Gasteiger partial charge in [-0.3, -0.25) is 9.59 Å². The summed E-state index contributed by atoms with van der Waals surface area (Å²) in [4.78, 5) is 26.1. The van der Waals surface area contributed by atoms with Crippen LogP contribution in [0.25, 0.3) is 0 Å². The average molecular weight is 403 g/mol. The number of halogens is 1. The van der Waals surface area contributed by atoms with Gasteiger partial charge in [0, 0.05) is 35.8 Å². The van der Waals surface area contributed by atoms with Crippen molar-refractivity contribution in [3.05, 3.63) is 58.6 Å². The number of nitrogens with zero attached hydrogens (tertiary/aromatic N) is 1. The molecule has 0 spiro atoms. The summed E-state index contributed by atoms with van der Waals surface area (Å²) in [5, 5.41) is 3.52. The van der Waals surface area contributed by atoms with Crippen LogP contribution in [0.15, 0.2) is 42.5 Å². The second-order valence-corrected chi connectivity index (χ2v) is 6.90. The molecule has 0 radical (unpaired) electrons. The lowest BCUT2D eigenvalue weighted by Gasteiger charge is -2.18. The van der Waals surface area contributed by atoms with Crippen LogP contribution in [0.2, 0.25) is 5.02 Å². The number of hydrogen-bond donors (Lipinski definition) is 1. The number of carbonyl (C=O) groups excluding carboxylic acids is 2. The lowest BCUT2D eigenvalue weighted by Crippen LogP contribution is -2.30. The monoisotopic (exact) mass is 402 g/mol. The third kappa shape index (κ3) is 6.27. The summed E-state index contributed by atoms with van der Waals surface area (Å²) in [6.07, 6.45) is 0.958. The van der Waals surface area contributed by atoms with E-state index in [0.717, 1.165) is 11.3 Å². The van der Waals surface area contributed by atoms with E-state index >= 15 is 0 Å². The molecule has 0 aromatic heterocycles. The molecule has 6 heteroatoms. The molecule has 0 saturated heterocycles. The fraction of sp³-hybridized carbons (Fsp3) is 0.364. The number of benzene rings is 2. The molecule has 0 aliphatic heterocycles. The van der Waals surface area contributed by atoms with Gasteiger partial charge in [-0.2, -0.15) is 0 Å². The molecule has 5 nitrogen and oxygen atoms in total. The number of rotatable bonds is 9. The van der Waals surface area contributed by atoms with Crippen molar-refractivity contribution in [1.82, 2.24) is 4.90 Å². The molecule has 1 N–H and O–H groups in total. The molecule has 0 bridgehead atoms. The third-order valence-corrected chi connectivity index (χ3v) is 4.64. The van der Waals surface area contributed by atoms with E-state index in [9.17, 15) is 9.59 Å². The number of anilines is 1. The predicted octanol–water partition coefficient (Wildman–Crippen LogP) is 4.93. The molecule has 0 heterocycles. The fourth-order valence-corrected chi connectivity index (χ4v) is 3.03. The van der Waals surface area contributed by atoms with Crippen molar-refractivity contribution in [2.45, 2.75) is 33.6 Å². The molecule has 0 aliphatic rings. The summed E-state index contributed by atoms with van der Waals surface area (Å²) in [5.41, 5.74) is 2.26. The van der Waals surface area contributed by atoms with Crippen LogP contribution in [0, 0.1) is 6.92 Å². The molecule has 2 aromatic rings. The zero-order valence-electron chi connectivity index (χ0n) is 16.6. The highest BCUT2D eigenvalue weighted by Crippen LogP contribution is 2.22. The van der Waals surface area contributed by atoms with Crippen LogP contribution in [0.4, 0.5) is 5.69 Å². The Balaban J connectivity index is 1.77. The number of amides is 2. The van der Waals surface area contributed by atoms with Crippen LogP contribution >= 0.6 is 11.6 Å². The van der Waals surface area contributed by atoms with Crippen molar-refractivity contribution in [3.8, 4) is 5.75 Å². The molecular weight excluding hydrogens is 376 g/mol. The zero-order valence-corrected chi connectivity index (χ0v) is 17.4. The van der Waals surface area contributed by atoms with Gasteiger partial charge in [0.2, 0.25) is 5.91 Å². The van der Waals surface area contributed by atoms with Crippen molar-refractivity contribution in [3.63, 3.8) is 0 Å². The first-order chi connectivity index (χ1) is 13.4. The van der Waals surface area contributed by atoms with Gasteiger partial charge < -0.3 is 15.0 Å². The Kier molecular flexibility index (Phi) is 8.33. The molecule has 150 valence electrons. The minimum atomic E-state index is -0.0840. The summed E-state index contributed by atoms with van der Waals surface area (Å²) in [5.74, 6) is 0.690. The largest absolute Gasteiger partial charge is 0.493 e. The Morgan fingerprint density at radius 2 is 1.75 bits per heavy atom. The van der Waals surface area contributed by atoms with Crippen molar-refractivity contribution in [2.24, 2.45) is 0 Å². The highest BCUT2D eigenvalue weighted by Gasteiger charge is 2.12. The van der Waals surface area contributed by atoms with Crippen LogP contribution in [-0.4, -0.2) is 36.4 Å². The lowest BCUT2D eigenvalue weighted by molar-refractivity contribution is -0.116. The maximum absolute atomic E-state index is 12.3. The molecule has 0 unspecified atom stereocenters. The van der Waals surface area contributed by atoms with E-state index in [4.69, 9.17) is 16.3 Å². The SMILES string of the molecule is CCN(CC)C(=O)c1ccc(NC(=O)CCCOc2ccc(Cl)cc2C)cc1. The minimum Gasteiger partial charge on any atom is -0.493 e. The Hall–Kier alpha value is -2.53. The average Bonchev–Trinajstić information content (AvgIpc) is 2.68. The number of hydrogen-bond acceptors (Lipinski definition) is 3. The smallest absolute Gasteiger partial charge is 0.253 e. The van der Waals surface area contributed by atoms with Gasteiger partial charge in [-0.15, -0.1) is 0 Å². The highest BCUT2D eigenvalue weighted by atomic mass is 35.5. The van der Waals surface area contributed by atoms with E-state index in [0.29, 0.717) is 48.8 Å². The maximum atomic E-state index is 12.3. The van der Waals surface area contributed by atoms with Crippen LogP contribution in [0.1, 0.15) is 42.6 Å². The van der Waals surface area contributed by atoms with Crippen molar-refractivity contribution in [2.75, 3.05) is 25.0 Å². The Morgan fingerprint density at radius 3 is 2.36 bits per heavy atom. The number of nitrogens with one attached hydrogen (secondary N) is 1. The van der Waals surface area contributed by atoms with E-state index in [2.05, 4.69) is 5.32 Å². The van der Waals surface area contributed by atoms with E-state index in [1.165, 1.54) is 0 Å². The quantitative estimate of drug-likeness (QED) is 0.605. The topological polar surface area (TPSA) is 58.6 Å². The van der Waals surface area contributed by atoms with E-state index < -0.39 is 0 Å². The van der Waals surface area contributed by atoms with Gasteiger partial charge in [0.15, 0.2) is 0 Å². The van der Waals surface area contributed by atoms with Crippen molar-refractivity contribution >= 4 is 29.1 Å². The fourth-order valence-electron chi connectivity index (χ4n) is 2.80. The summed E-state index contributed by atoms with van der Waals surface area (Å²) in [7, 11) is 0. The minimum absolute atomic E-state index is 0.00230. The maximum Gasteiger partial charge on any atom is 0.253 e. The van der Waals surface area contributed by atoms with E-state index in [1.54, 1.807) is 35.2 Å². The van der Waals surface area contributed by atoms with E-state index in [-0.39, 0.29) is 11.8 Å². The lowest BCUT2D eigenvalue weighted by atomic mass is 10.1. The van der Waals surface area contributed by atoms with Gasteiger partial charge in [-0.1, -0.05) is 11.6 Å². The normalized spacial score (nSPS) is 10.4. The van der Waals surface area contributed by atoms with Crippen LogP contribution in [-0.2, 0) is 4.79 Å². The van der Waals surface area contributed by atoms with Gasteiger partial charge in [-0.05, 0) is 75.2 Å². The second-order valence-electron chi connectivity index (χ2n) is 6.46. The Morgan fingerprint density at radius 1 is 1.07 bits per heavy atom. The Bertz CT molecular complexity index is 802. The molecule has 0 atom stereocenters. The van der Waals surface area contributed by atoms with E-state index in [1.807, 2.05) is 32.9 Å². The number of aryl methyl sites for hydroxylation is 1. The summed E-state index contributed by atoms with van der Waals surface area (Å²) >= 11 is 5.92. The van der Waals surface area contributed by atoms with Crippen LogP contribution < -0.4 is 10.1 Å². The third-order valence-electron chi connectivity index (χ3n) is 4.41. The van der Waals surface area contributed by atoms with Gasteiger partial charge in [0.1, 0.15) is 5.75 Å². The van der Waals surface area contributed by atoms with Crippen molar-refractivity contribution < 1.29 is 14.3 Å². The van der Waals surface area contributed by atoms with Crippen LogP contribution in [0.5, 0.6) is 5.75 Å². The molecule has 28 heavy (non-hydrogen) atoms. The molecule has 0 saturated carbocycles. The molecule has 0 aliphatic carbocycles. The second kappa shape index (κ2) is 10.7. The van der Waals surface area contributed by atoms with Crippen molar-refractivity contribution in [1.29, 1.82) is 0 Å². The summed E-state index contributed by atoms with van der Waals surface area (Å²) < 4.78 is 5.70. The highest BCUT2D eigenvalue weighted by molar-refractivity contribution is 6.30. The number of ether oxygens (including phenoxy) is 1. The van der Waals surface area contributed by atoms with Crippen LogP contribution in [0.3, 0.4) is 0 Å². The Labute approximate surface area is 171 Å². The van der Waals surface area contributed by atoms with Gasteiger partial charge in [0.25, 0.3) is 5.91 Å². The standard InChI is InChI=1S/C22H27ClN2O3/c1-4-25(5-2)22(27)17-8-11-19(12-9-17)24-21(26)7-6-14-28-20-13-10-18(23)15-16(20)3/h8-13,15H,4-7,14H2,1-3H3,(H,24,26). The zero-order chi connectivity index (χ0) is 20.5. The summed E-state index contributed by atoms with van der Waals surface area (Å²) in [6, 6.07) is 12.4. The molecule has 0 fully saturated rings. The first-order valence-corrected chi connectivity index (χ1v) is 9.90. The van der Waals surface area contributed by atoms with Gasteiger partial charge in [0.05, 0.1) is 6.61 Å². The summed E-state index contributed by atoms with van der Waals surface area (Å²) in [6.45, 7) is 7.63. The first kappa shape index (κ1) is 21.8. The predicted molar refractivity (Wildman–Crippen MR) is 113 cm³/mol. The molecule has 2 aromatic carbocycles. The van der Waals surface area contributed by atoms with Gasteiger partial charge in [-0.25, -0.2) is 0 Å². The number of carbonyl (C=O) groups is 2. The molecule has 2 amide bonds. The van der Waals surface area contributed by atoms with Gasteiger partial charge >= 0.3 is 0 Å².